The molecular formula is C22H25ClN2O6S. The molecule has 1 heterocycles. The second-order valence-electron chi connectivity index (χ2n) is 7.44. The van der Waals surface area contributed by atoms with Crippen LogP contribution in [0.15, 0.2) is 47.4 Å². The Hall–Kier alpha value is -2.46. The highest BCUT2D eigenvalue weighted by atomic mass is 35.5. The van der Waals surface area contributed by atoms with Gasteiger partial charge in [-0.3, -0.25) is 4.79 Å². The van der Waals surface area contributed by atoms with Gasteiger partial charge in [0.2, 0.25) is 10.0 Å². The maximum Gasteiger partial charge on any atom is 0.338 e. The van der Waals surface area contributed by atoms with E-state index < -0.39 is 28.5 Å². The quantitative estimate of drug-likeness (QED) is 0.588. The first-order valence-electron chi connectivity index (χ1n) is 10.3. The van der Waals surface area contributed by atoms with E-state index in [2.05, 4.69) is 5.32 Å². The van der Waals surface area contributed by atoms with E-state index in [-0.39, 0.29) is 27.8 Å². The second kappa shape index (κ2) is 10.9. The van der Waals surface area contributed by atoms with Crippen molar-refractivity contribution in [2.45, 2.75) is 37.2 Å². The first-order valence-corrected chi connectivity index (χ1v) is 12.1. The van der Waals surface area contributed by atoms with E-state index in [9.17, 15) is 18.0 Å². The van der Waals surface area contributed by atoms with Crippen LogP contribution in [0, 0.1) is 0 Å². The summed E-state index contributed by atoms with van der Waals surface area (Å²) in [5.41, 5.74) is 0.999. The first kappa shape index (κ1) is 24.2. The molecule has 0 aromatic heterocycles. The van der Waals surface area contributed by atoms with Crippen LogP contribution in [0.3, 0.4) is 0 Å². The normalized spacial score (nSPS) is 15.1. The predicted molar refractivity (Wildman–Crippen MR) is 120 cm³/mol. The van der Waals surface area contributed by atoms with E-state index >= 15 is 0 Å². The van der Waals surface area contributed by atoms with Crippen molar-refractivity contribution in [1.82, 2.24) is 4.31 Å². The monoisotopic (exact) mass is 480 g/mol. The number of aliphatic hydroxyl groups is 1. The van der Waals surface area contributed by atoms with Crippen LogP contribution < -0.4 is 5.32 Å². The van der Waals surface area contributed by atoms with Gasteiger partial charge < -0.3 is 15.2 Å². The van der Waals surface area contributed by atoms with Crippen molar-refractivity contribution in [1.29, 1.82) is 0 Å². The maximum atomic E-state index is 13.0. The number of hydrogen-bond donors (Lipinski definition) is 2. The summed E-state index contributed by atoms with van der Waals surface area (Å²) in [6, 6.07) is 10.3. The van der Waals surface area contributed by atoms with Crippen molar-refractivity contribution in [2.24, 2.45) is 0 Å². The Morgan fingerprint density at radius 2 is 1.69 bits per heavy atom. The number of ether oxygens (including phenoxy) is 1. The highest BCUT2D eigenvalue weighted by Crippen LogP contribution is 2.28. The lowest BCUT2D eigenvalue weighted by molar-refractivity contribution is -0.119. The summed E-state index contributed by atoms with van der Waals surface area (Å²) >= 11 is 6.14. The number of aliphatic hydroxyl groups excluding tert-OH is 1. The van der Waals surface area contributed by atoms with E-state index in [0.29, 0.717) is 18.7 Å². The molecule has 2 aromatic rings. The van der Waals surface area contributed by atoms with Crippen molar-refractivity contribution in [3.05, 3.63) is 58.6 Å². The zero-order chi connectivity index (χ0) is 23.1. The van der Waals surface area contributed by atoms with Crippen molar-refractivity contribution in [2.75, 3.05) is 25.0 Å². The molecule has 32 heavy (non-hydrogen) atoms. The third kappa shape index (κ3) is 6.07. The van der Waals surface area contributed by atoms with Crippen molar-refractivity contribution < 1.29 is 27.9 Å². The van der Waals surface area contributed by atoms with Crippen LogP contribution in [0.5, 0.6) is 0 Å². The summed E-state index contributed by atoms with van der Waals surface area (Å²) in [6.45, 7) is 0.203. The summed E-state index contributed by atoms with van der Waals surface area (Å²) in [4.78, 5) is 24.4. The fourth-order valence-corrected chi connectivity index (χ4v) is 5.05. The number of carbonyl (C=O) groups is 2. The van der Waals surface area contributed by atoms with Gasteiger partial charge in [-0.25, -0.2) is 13.2 Å². The average molecular weight is 481 g/mol. The zero-order valence-corrected chi connectivity index (χ0v) is 19.0. The van der Waals surface area contributed by atoms with Gasteiger partial charge in [0.15, 0.2) is 6.61 Å². The molecule has 0 unspecified atom stereocenters. The molecule has 3 rings (SSSR count). The van der Waals surface area contributed by atoms with Gasteiger partial charge in [-0.2, -0.15) is 4.31 Å². The minimum absolute atomic E-state index is 0.0417. The lowest BCUT2D eigenvalue weighted by Crippen LogP contribution is -2.32. The Bertz CT molecular complexity index is 1060. The molecule has 0 radical (unpaired) electrons. The fraction of sp³-hybridized carbons (Fsp3) is 0.364. The molecule has 1 saturated heterocycles. The number of benzene rings is 2. The van der Waals surface area contributed by atoms with Crippen molar-refractivity contribution in [3.63, 3.8) is 0 Å². The summed E-state index contributed by atoms with van der Waals surface area (Å²) < 4.78 is 32.4. The minimum Gasteiger partial charge on any atom is -0.452 e. The lowest BCUT2D eigenvalue weighted by atomic mass is 10.1. The van der Waals surface area contributed by atoms with Gasteiger partial charge in [0.1, 0.15) is 0 Å². The Morgan fingerprint density at radius 1 is 1.03 bits per heavy atom. The Kier molecular flexibility index (Phi) is 8.25. The molecule has 8 nitrogen and oxygen atoms in total. The van der Waals surface area contributed by atoms with Gasteiger partial charge in [-0.15, -0.1) is 0 Å². The molecule has 0 aliphatic carbocycles. The van der Waals surface area contributed by atoms with E-state index in [0.717, 1.165) is 25.7 Å². The third-order valence-corrected chi connectivity index (χ3v) is 7.35. The van der Waals surface area contributed by atoms with E-state index in [1.165, 1.54) is 34.6 Å². The van der Waals surface area contributed by atoms with Gasteiger partial charge in [-0.05, 0) is 48.7 Å². The zero-order valence-electron chi connectivity index (χ0n) is 17.4. The minimum atomic E-state index is -3.71. The van der Waals surface area contributed by atoms with Crippen LogP contribution in [0.2, 0.25) is 5.02 Å². The van der Waals surface area contributed by atoms with Gasteiger partial charge >= 0.3 is 5.97 Å². The molecule has 1 aliphatic rings. The largest absolute Gasteiger partial charge is 0.452 e. The van der Waals surface area contributed by atoms with E-state index in [1.54, 1.807) is 12.1 Å². The van der Waals surface area contributed by atoms with Crippen LogP contribution in [-0.4, -0.2) is 49.4 Å². The van der Waals surface area contributed by atoms with Crippen molar-refractivity contribution in [3.8, 4) is 0 Å². The third-order valence-electron chi connectivity index (χ3n) is 5.12. The number of halogens is 1. The summed E-state index contributed by atoms with van der Waals surface area (Å²) in [7, 11) is -3.71. The van der Waals surface area contributed by atoms with Gasteiger partial charge in [0, 0.05) is 13.1 Å². The van der Waals surface area contributed by atoms with Crippen LogP contribution >= 0.6 is 11.6 Å². The topological polar surface area (TPSA) is 113 Å². The Morgan fingerprint density at radius 3 is 2.31 bits per heavy atom. The standard InChI is InChI=1S/C22H25ClN2O6S/c23-19-10-9-18(32(29,30)25-11-3-1-2-4-12-25)13-20(19)24-21(27)15-31-22(28)17-7-5-16(14-26)6-8-17/h5-10,13,26H,1-4,11-12,14-15H2,(H,24,27). The maximum absolute atomic E-state index is 13.0. The SMILES string of the molecule is O=C(COC(=O)c1ccc(CO)cc1)Nc1cc(S(=O)(=O)N2CCCCCC2)ccc1Cl. The molecule has 172 valence electrons. The number of anilines is 1. The molecule has 10 heteroatoms. The highest BCUT2D eigenvalue weighted by Gasteiger charge is 2.26. The Balaban J connectivity index is 1.64. The van der Waals surface area contributed by atoms with Gasteiger partial charge in [0.25, 0.3) is 5.91 Å². The number of amides is 1. The van der Waals surface area contributed by atoms with Crippen LogP contribution in [-0.2, 0) is 26.2 Å². The number of hydrogen-bond acceptors (Lipinski definition) is 6. The molecular weight excluding hydrogens is 456 g/mol. The number of sulfonamides is 1. The first-order chi connectivity index (χ1) is 15.3. The van der Waals surface area contributed by atoms with Gasteiger partial charge in [-0.1, -0.05) is 36.6 Å². The lowest BCUT2D eigenvalue weighted by Gasteiger charge is -2.20. The molecule has 0 spiro atoms. The smallest absolute Gasteiger partial charge is 0.338 e. The summed E-state index contributed by atoms with van der Waals surface area (Å²) in [6.07, 6.45) is 3.62. The molecule has 0 bridgehead atoms. The highest BCUT2D eigenvalue weighted by molar-refractivity contribution is 7.89. The number of rotatable bonds is 7. The fourth-order valence-electron chi connectivity index (χ4n) is 3.34. The second-order valence-corrected chi connectivity index (χ2v) is 9.78. The van der Waals surface area contributed by atoms with Crippen LogP contribution in [0.25, 0.3) is 0 Å². The predicted octanol–water partition coefficient (Wildman–Crippen LogP) is 3.19. The molecule has 0 atom stereocenters. The van der Waals surface area contributed by atoms with E-state index in [1.807, 2.05) is 0 Å². The average Bonchev–Trinajstić information content (AvgIpc) is 3.09. The molecule has 1 amide bonds. The molecule has 1 fully saturated rings. The number of nitrogens with one attached hydrogen (secondary N) is 1. The number of esters is 1. The molecule has 1 aliphatic heterocycles. The van der Waals surface area contributed by atoms with Crippen molar-refractivity contribution >= 4 is 39.2 Å². The molecule has 0 saturated carbocycles. The van der Waals surface area contributed by atoms with Crippen LogP contribution in [0.1, 0.15) is 41.6 Å². The Labute approximate surface area is 192 Å². The summed E-state index contributed by atoms with van der Waals surface area (Å²) in [5.74, 6) is -1.36. The number of carbonyl (C=O) groups excluding carboxylic acids is 2. The van der Waals surface area contributed by atoms with Crippen LogP contribution in [0.4, 0.5) is 5.69 Å². The summed E-state index contributed by atoms with van der Waals surface area (Å²) in [5, 5.41) is 11.7. The van der Waals surface area contributed by atoms with E-state index in [4.69, 9.17) is 21.4 Å². The molecule has 2 N–H and O–H groups in total. The van der Waals surface area contributed by atoms with Gasteiger partial charge in [0.05, 0.1) is 27.8 Å². The number of nitrogens with zero attached hydrogens (tertiary/aromatic N) is 1. The molecule has 2 aromatic carbocycles.